The van der Waals surface area contributed by atoms with Crippen molar-refractivity contribution >= 4 is 5.91 Å². The van der Waals surface area contributed by atoms with Gasteiger partial charge in [0.1, 0.15) is 5.75 Å². The smallest absolute Gasteiger partial charge is 0.257 e. The minimum atomic E-state index is -0.165. The monoisotopic (exact) mass is 306 g/mol. The maximum Gasteiger partial charge on any atom is 0.257 e. The van der Waals surface area contributed by atoms with Crippen LogP contribution >= 0.6 is 0 Å². The normalized spacial score (nSPS) is 21.1. The fourth-order valence-electron chi connectivity index (χ4n) is 2.98. The predicted molar refractivity (Wildman–Crippen MR) is 85.7 cm³/mol. The fraction of sp³-hybridized carbons (Fsp3) is 0.588. The Morgan fingerprint density at radius 3 is 2.86 bits per heavy atom. The molecule has 1 aromatic carbocycles. The summed E-state index contributed by atoms with van der Waals surface area (Å²) in [6, 6.07) is 7.78. The first-order valence-corrected chi connectivity index (χ1v) is 7.88. The lowest BCUT2D eigenvalue weighted by molar-refractivity contribution is -0.122. The molecule has 0 spiro atoms. The van der Waals surface area contributed by atoms with E-state index in [-0.39, 0.29) is 18.6 Å². The Bertz CT molecular complexity index is 493. The van der Waals surface area contributed by atoms with Crippen molar-refractivity contribution in [3.8, 4) is 5.75 Å². The summed E-state index contributed by atoms with van der Waals surface area (Å²) < 4.78 is 5.59. The van der Waals surface area contributed by atoms with E-state index in [0.717, 1.165) is 43.7 Å². The van der Waals surface area contributed by atoms with E-state index in [9.17, 15) is 9.90 Å². The molecule has 1 aliphatic carbocycles. The van der Waals surface area contributed by atoms with Crippen molar-refractivity contribution < 1.29 is 14.6 Å². The van der Waals surface area contributed by atoms with Crippen molar-refractivity contribution in [2.24, 2.45) is 5.92 Å². The first-order valence-electron chi connectivity index (χ1n) is 7.88. The largest absolute Gasteiger partial charge is 0.483 e. The van der Waals surface area contributed by atoms with Gasteiger partial charge in [-0.05, 0) is 31.9 Å². The zero-order chi connectivity index (χ0) is 15.9. The number of hydrogen-bond donors (Lipinski definition) is 2. The molecule has 2 rings (SSSR count). The van der Waals surface area contributed by atoms with Crippen LogP contribution in [0.3, 0.4) is 0 Å². The summed E-state index contributed by atoms with van der Waals surface area (Å²) in [6.07, 6.45) is 2.97. The van der Waals surface area contributed by atoms with Gasteiger partial charge in [-0.1, -0.05) is 24.6 Å². The van der Waals surface area contributed by atoms with Crippen LogP contribution in [0, 0.1) is 5.92 Å². The van der Waals surface area contributed by atoms with Gasteiger partial charge in [0.15, 0.2) is 6.61 Å². The number of rotatable bonds is 7. The Balaban J connectivity index is 1.92. The molecule has 122 valence electrons. The number of benzene rings is 1. The van der Waals surface area contributed by atoms with Gasteiger partial charge in [-0.25, -0.2) is 0 Å². The third-order valence-electron chi connectivity index (χ3n) is 4.22. The highest BCUT2D eigenvalue weighted by Gasteiger charge is 2.26. The first kappa shape index (κ1) is 16.8. The number of aliphatic hydroxyl groups is 1. The zero-order valence-electron chi connectivity index (χ0n) is 13.4. The lowest BCUT2D eigenvalue weighted by Crippen LogP contribution is -2.30. The van der Waals surface area contributed by atoms with Gasteiger partial charge >= 0.3 is 0 Å². The van der Waals surface area contributed by atoms with Crippen molar-refractivity contribution in [2.45, 2.75) is 31.9 Å². The van der Waals surface area contributed by atoms with E-state index >= 15 is 0 Å². The van der Waals surface area contributed by atoms with Crippen molar-refractivity contribution in [3.63, 3.8) is 0 Å². The molecule has 5 nitrogen and oxygen atoms in total. The van der Waals surface area contributed by atoms with Crippen LogP contribution in [-0.4, -0.2) is 49.3 Å². The lowest BCUT2D eigenvalue weighted by Gasteiger charge is -2.24. The highest BCUT2D eigenvalue weighted by atomic mass is 16.5. The van der Waals surface area contributed by atoms with Crippen molar-refractivity contribution in [1.29, 1.82) is 0 Å². The summed E-state index contributed by atoms with van der Waals surface area (Å²) >= 11 is 0. The Labute approximate surface area is 132 Å². The number of nitrogens with zero attached hydrogens (tertiary/aromatic N) is 1. The average molecular weight is 306 g/mol. The van der Waals surface area contributed by atoms with E-state index in [1.165, 1.54) is 0 Å². The van der Waals surface area contributed by atoms with Crippen LogP contribution in [0.4, 0.5) is 0 Å². The molecule has 0 aliphatic heterocycles. The van der Waals surface area contributed by atoms with E-state index in [2.05, 4.69) is 17.3 Å². The summed E-state index contributed by atoms with van der Waals surface area (Å²) in [5, 5.41) is 12.5. The fourth-order valence-corrected chi connectivity index (χ4v) is 2.98. The second-order valence-corrected chi connectivity index (χ2v) is 6.02. The van der Waals surface area contributed by atoms with Gasteiger partial charge < -0.3 is 20.1 Å². The summed E-state index contributed by atoms with van der Waals surface area (Å²) in [7, 11) is 3.65. The van der Waals surface area contributed by atoms with Crippen LogP contribution in [0.1, 0.15) is 24.8 Å². The van der Waals surface area contributed by atoms with Gasteiger partial charge in [-0.3, -0.25) is 4.79 Å². The van der Waals surface area contributed by atoms with Gasteiger partial charge in [0.2, 0.25) is 0 Å². The van der Waals surface area contributed by atoms with E-state index in [4.69, 9.17) is 4.74 Å². The minimum absolute atomic E-state index is 0.0264. The van der Waals surface area contributed by atoms with Gasteiger partial charge in [0.25, 0.3) is 5.91 Å². The molecule has 1 saturated carbocycles. The third kappa shape index (κ3) is 4.71. The lowest BCUT2D eigenvalue weighted by atomic mass is 10.1. The molecule has 2 unspecified atom stereocenters. The highest BCUT2D eigenvalue weighted by molar-refractivity contribution is 5.77. The molecular weight excluding hydrogens is 280 g/mol. The third-order valence-corrected chi connectivity index (χ3v) is 4.22. The molecule has 1 amide bonds. The quantitative estimate of drug-likeness (QED) is 0.799. The molecule has 0 saturated heterocycles. The molecule has 1 aliphatic rings. The average Bonchev–Trinajstić information content (AvgIpc) is 2.91. The highest BCUT2D eigenvalue weighted by Crippen LogP contribution is 2.27. The van der Waals surface area contributed by atoms with E-state index in [0.29, 0.717) is 5.92 Å². The van der Waals surface area contributed by atoms with E-state index in [1.807, 2.05) is 24.3 Å². The Morgan fingerprint density at radius 2 is 2.18 bits per heavy atom. The van der Waals surface area contributed by atoms with Crippen LogP contribution in [0.15, 0.2) is 24.3 Å². The molecule has 2 N–H and O–H groups in total. The number of nitrogens with one attached hydrogen (secondary N) is 1. The molecule has 0 radical (unpaired) electrons. The first-order chi connectivity index (χ1) is 10.6. The number of carbonyl (C=O) groups excluding carboxylic acids is 1. The maximum atomic E-state index is 11.3. The second kappa shape index (κ2) is 8.15. The molecule has 1 aromatic rings. The van der Waals surface area contributed by atoms with Crippen LogP contribution in [0.25, 0.3) is 0 Å². The Hall–Kier alpha value is -1.59. The molecule has 0 aromatic heterocycles. The number of carbonyl (C=O) groups is 1. The molecule has 2 atom stereocenters. The molecule has 5 heteroatoms. The topological polar surface area (TPSA) is 61.8 Å². The second-order valence-electron chi connectivity index (χ2n) is 6.02. The number of likely N-dealkylation sites (N-methyl/N-ethyl adjacent to an activating group) is 1. The van der Waals surface area contributed by atoms with Gasteiger partial charge in [-0.2, -0.15) is 0 Å². The SMILES string of the molecule is CNC(=O)COc1ccccc1CN(C)CC1CCCC1O. The van der Waals surface area contributed by atoms with Crippen LogP contribution in [0.5, 0.6) is 5.75 Å². The van der Waals surface area contributed by atoms with E-state index < -0.39 is 0 Å². The predicted octanol–water partition coefficient (Wildman–Crippen LogP) is 1.40. The number of aliphatic hydroxyl groups excluding tert-OH is 1. The van der Waals surface area contributed by atoms with Crippen LogP contribution in [0.2, 0.25) is 0 Å². The number of amides is 1. The van der Waals surface area contributed by atoms with Crippen LogP contribution in [-0.2, 0) is 11.3 Å². The molecule has 0 bridgehead atoms. The Morgan fingerprint density at radius 1 is 1.41 bits per heavy atom. The standard InChI is InChI=1S/C17H26N2O3/c1-18-17(21)12-22-16-9-4-3-6-14(16)11-19(2)10-13-7-5-8-15(13)20/h3-4,6,9,13,15,20H,5,7-8,10-12H2,1-2H3,(H,18,21). The van der Waals surface area contributed by atoms with Crippen molar-refractivity contribution in [1.82, 2.24) is 10.2 Å². The molecular formula is C17H26N2O3. The maximum absolute atomic E-state index is 11.3. The van der Waals surface area contributed by atoms with Crippen LogP contribution < -0.4 is 10.1 Å². The molecule has 0 heterocycles. The van der Waals surface area contributed by atoms with Gasteiger partial charge in [0.05, 0.1) is 6.10 Å². The zero-order valence-corrected chi connectivity index (χ0v) is 13.4. The van der Waals surface area contributed by atoms with E-state index in [1.54, 1.807) is 7.05 Å². The molecule has 22 heavy (non-hydrogen) atoms. The summed E-state index contributed by atoms with van der Waals surface area (Å²) in [5.41, 5.74) is 1.06. The number of ether oxygens (including phenoxy) is 1. The van der Waals surface area contributed by atoms with Gasteiger partial charge in [0, 0.05) is 25.7 Å². The Kier molecular flexibility index (Phi) is 6.21. The van der Waals surface area contributed by atoms with Crippen molar-refractivity contribution in [2.75, 3.05) is 27.2 Å². The summed E-state index contributed by atoms with van der Waals surface area (Å²) in [6.45, 7) is 1.65. The summed E-state index contributed by atoms with van der Waals surface area (Å²) in [4.78, 5) is 13.5. The summed E-state index contributed by atoms with van der Waals surface area (Å²) in [5.74, 6) is 0.964. The number of para-hydroxylation sites is 1. The number of hydrogen-bond acceptors (Lipinski definition) is 4. The van der Waals surface area contributed by atoms with Gasteiger partial charge in [-0.15, -0.1) is 0 Å². The van der Waals surface area contributed by atoms with Crippen molar-refractivity contribution in [3.05, 3.63) is 29.8 Å². The minimum Gasteiger partial charge on any atom is -0.483 e. The molecule has 1 fully saturated rings.